The van der Waals surface area contributed by atoms with Crippen LogP contribution >= 0.6 is 57.6 Å². The lowest BCUT2D eigenvalue weighted by Gasteiger charge is -2.14. The first kappa shape index (κ1) is 26.3. The van der Waals surface area contributed by atoms with E-state index in [2.05, 4.69) is 32.9 Å². The number of halogens is 3. The van der Waals surface area contributed by atoms with Gasteiger partial charge in [0.1, 0.15) is 6.61 Å². The molecule has 3 aromatic rings. The Kier molecular flexibility index (Phi) is 8.45. The maximum atomic E-state index is 12.5. The molecule has 7 nitrogen and oxygen atoms in total. The van der Waals surface area contributed by atoms with Crippen molar-refractivity contribution in [3.05, 3.63) is 89.8 Å². The number of hydrogen-bond acceptors (Lipinski definition) is 6. The maximum absolute atomic E-state index is 12.5. The fourth-order valence-electron chi connectivity index (χ4n) is 3.18. The second-order valence-corrected chi connectivity index (χ2v) is 10.4. The lowest BCUT2D eigenvalue weighted by molar-refractivity contribution is -0.115. The first-order chi connectivity index (χ1) is 17.2. The van der Waals surface area contributed by atoms with Crippen molar-refractivity contribution < 1.29 is 24.2 Å². The average Bonchev–Trinajstić information content (AvgIpc) is 3.19. The minimum Gasteiger partial charge on any atom is -0.493 e. The Balaban J connectivity index is 1.52. The predicted molar refractivity (Wildman–Crippen MR) is 151 cm³/mol. The lowest BCUT2D eigenvalue weighted by Crippen LogP contribution is -2.19. The first-order valence-corrected chi connectivity index (χ1v) is 13.0. The summed E-state index contributed by atoms with van der Waals surface area (Å²) < 4.78 is 12.3. The molecule has 4 rings (SSSR count). The number of amides is 1. The van der Waals surface area contributed by atoms with Gasteiger partial charge in [-0.25, -0.2) is 9.79 Å². The second-order valence-electron chi connectivity index (χ2n) is 7.38. The molecule has 1 aliphatic rings. The van der Waals surface area contributed by atoms with Crippen molar-refractivity contribution in [2.24, 2.45) is 4.99 Å². The van der Waals surface area contributed by atoms with E-state index in [1.54, 1.807) is 42.5 Å². The number of amidine groups is 1. The highest BCUT2D eigenvalue weighted by molar-refractivity contribution is 14.1. The van der Waals surface area contributed by atoms with Gasteiger partial charge in [0, 0.05) is 0 Å². The summed E-state index contributed by atoms with van der Waals surface area (Å²) in [6.45, 7) is 0.233. The highest BCUT2D eigenvalue weighted by atomic mass is 127. The number of carboxylic acid groups (broad SMARTS) is 1. The number of methoxy groups -OCH3 is 1. The Morgan fingerprint density at radius 2 is 1.94 bits per heavy atom. The van der Waals surface area contributed by atoms with Crippen LogP contribution in [0.1, 0.15) is 21.5 Å². The molecule has 1 heterocycles. The summed E-state index contributed by atoms with van der Waals surface area (Å²) >= 11 is 15.6. The smallest absolute Gasteiger partial charge is 0.335 e. The number of hydrogen-bond donors (Lipinski definition) is 2. The van der Waals surface area contributed by atoms with Crippen LogP contribution in [0.25, 0.3) is 6.08 Å². The summed E-state index contributed by atoms with van der Waals surface area (Å²) in [5.74, 6) is -0.219. The fraction of sp³-hybridized carbons (Fsp3) is 0.0800. The molecule has 184 valence electrons. The number of rotatable bonds is 7. The van der Waals surface area contributed by atoms with Gasteiger partial charge in [0.25, 0.3) is 5.91 Å². The van der Waals surface area contributed by atoms with Crippen molar-refractivity contribution >= 4 is 86.4 Å². The zero-order valence-electron chi connectivity index (χ0n) is 18.6. The third kappa shape index (κ3) is 6.15. The van der Waals surface area contributed by atoms with Crippen LogP contribution in [-0.4, -0.2) is 29.3 Å². The summed E-state index contributed by atoms with van der Waals surface area (Å²) in [7, 11) is 1.54. The zero-order chi connectivity index (χ0) is 25.8. The van der Waals surface area contributed by atoms with Gasteiger partial charge >= 0.3 is 5.97 Å². The molecule has 1 amide bonds. The van der Waals surface area contributed by atoms with Gasteiger partial charge in [0.2, 0.25) is 0 Å². The standard InChI is InChI=1S/C25H17Cl2IN2O5S/c1-34-19-10-14(9-17(28)22(19)35-12-13-5-7-15(8-6-13)24(32)33)11-20-23(31)30-25(36-20)29-18-4-2-3-16(26)21(18)27/h2-11H,12H2,1H3,(H,32,33)(H,29,30,31)/b20-11+. The monoisotopic (exact) mass is 654 g/mol. The van der Waals surface area contributed by atoms with Crippen LogP contribution < -0.4 is 14.8 Å². The quantitative estimate of drug-likeness (QED) is 0.216. The van der Waals surface area contributed by atoms with Crippen molar-refractivity contribution in [2.45, 2.75) is 6.61 Å². The molecule has 1 fully saturated rings. The van der Waals surface area contributed by atoms with Crippen LogP contribution in [-0.2, 0) is 11.4 Å². The summed E-state index contributed by atoms with van der Waals surface area (Å²) in [5, 5.41) is 12.9. The summed E-state index contributed by atoms with van der Waals surface area (Å²) in [5.41, 5.74) is 2.23. The Hall–Kier alpha value is -2.73. The van der Waals surface area contributed by atoms with E-state index in [9.17, 15) is 9.59 Å². The molecule has 11 heteroatoms. The van der Waals surface area contributed by atoms with Crippen molar-refractivity contribution in [2.75, 3.05) is 7.11 Å². The van der Waals surface area contributed by atoms with Gasteiger partial charge in [-0.05, 0) is 88.0 Å². The number of ether oxygens (including phenoxy) is 2. The largest absolute Gasteiger partial charge is 0.493 e. The molecule has 0 atom stereocenters. The lowest BCUT2D eigenvalue weighted by atomic mass is 10.1. The third-order valence-electron chi connectivity index (χ3n) is 4.94. The van der Waals surface area contributed by atoms with E-state index in [4.69, 9.17) is 37.8 Å². The van der Waals surface area contributed by atoms with Gasteiger partial charge in [-0.2, -0.15) is 0 Å². The molecule has 1 aliphatic heterocycles. The Morgan fingerprint density at radius 3 is 2.64 bits per heavy atom. The van der Waals surface area contributed by atoms with Gasteiger partial charge in [-0.15, -0.1) is 0 Å². The molecular weight excluding hydrogens is 638 g/mol. The summed E-state index contributed by atoms with van der Waals surface area (Å²) in [6, 6.07) is 15.2. The molecule has 3 aromatic carbocycles. The van der Waals surface area contributed by atoms with Crippen molar-refractivity contribution in [3.63, 3.8) is 0 Å². The Bertz CT molecular complexity index is 1410. The van der Waals surface area contributed by atoms with Gasteiger partial charge in [-0.3, -0.25) is 4.79 Å². The number of thioether (sulfide) groups is 1. The number of aliphatic imine (C=N–C) groups is 1. The van der Waals surface area contributed by atoms with Crippen LogP contribution in [0, 0.1) is 3.57 Å². The first-order valence-electron chi connectivity index (χ1n) is 10.3. The van der Waals surface area contributed by atoms with E-state index in [1.165, 1.54) is 31.0 Å². The van der Waals surface area contributed by atoms with E-state index in [0.717, 1.165) is 14.7 Å². The predicted octanol–water partition coefficient (Wildman–Crippen LogP) is 6.78. The molecule has 0 radical (unpaired) electrons. The van der Waals surface area contributed by atoms with Gasteiger partial charge in [0.15, 0.2) is 16.7 Å². The van der Waals surface area contributed by atoms with Crippen LogP contribution in [0.5, 0.6) is 11.5 Å². The Morgan fingerprint density at radius 1 is 1.19 bits per heavy atom. The van der Waals surface area contributed by atoms with Crippen molar-refractivity contribution in [1.29, 1.82) is 0 Å². The van der Waals surface area contributed by atoms with E-state index in [0.29, 0.717) is 37.3 Å². The molecule has 36 heavy (non-hydrogen) atoms. The van der Waals surface area contributed by atoms with Crippen LogP contribution in [0.2, 0.25) is 10.0 Å². The highest BCUT2D eigenvalue weighted by Gasteiger charge is 2.24. The van der Waals surface area contributed by atoms with Crippen LogP contribution in [0.15, 0.2) is 64.5 Å². The number of carbonyl (C=O) groups is 2. The molecule has 2 N–H and O–H groups in total. The van der Waals surface area contributed by atoms with Gasteiger partial charge in [-0.1, -0.05) is 41.4 Å². The number of carboxylic acids is 1. The number of benzene rings is 3. The molecule has 0 saturated carbocycles. The van der Waals surface area contributed by atoms with Crippen molar-refractivity contribution in [3.8, 4) is 11.5 Å². The van der Waals surface area contributed by atoms with Crippen LogP contribution in [0.3, 0.4) is 0 Å². The summed E-state index contributed by atoms with van der Waals surface area (Å²) in [4.78, 5) is 28.4. The van der Waals surface area contributed by atoms with Gasteiger partial charge in [0.05, 0.1) is 36.9 Å². The second kappa shape index (κ2) is 11.5. The number of nitrogens with one attached hydrogen (secondary N) is 1. The molecule has 0 aromatic heterocycles. The minimum atomic E-state index is -0.982. The number of nitrogens with zero attached hydrogens (tertiary/aromatic N) is 1. The fourth-order valence-corrected chi connectivity index (χ4v) is 5.14. The van der Waals surface area contributed by atoms with Crippen molar-refractivity contribution in [1.82, 2.24) is 5.32 Å². The number of aromatic carboxylic acids is 1. The van der Waals surface area contributed by atoms with E-state index >= 15 is 0 Å². The Labute approximate surface area is 234 Å². The highest BCUT2D eigenvalue weighted by Crippen LogP contribution is 2.37. The van der Waals surface area contributed by atoms with E-state index in [-0.39, 0.29) is 18.1 Å². The SMILES string of the molecule is COc1cc(/C=C2/SC(=Nc3cccc(Cl)c3Cl)NC2=O)cc(I)c1OCc1ccc(C(=O)O)cc1. The van der Waals surface area contributed by atoms with Gasteiger partial charge < -0.3 is 19.9 Å². The maximum Gasteiger partial charge on any atom is 0.335 e. The van der Waals surface area contributed by atoms with E-state index in [1.807, 2.05) is 6.07 Å². The zero-order valence-corrected chi connectivity index (χ0v) is 23.0. The molecule has 0 bridgehead atoms. The average molecular weight is 655 g/mol. The third-order valence-corrected chi connectivity index (χ3v) is 7.46. The summed E-state index contributed by atoms with van der Waals surface area (Å²) in [6.07, 6.45) is 1.74. The molecule has 0 spiro atoms. The molecule has 0 unspecified atom stereocenters. The molecule has 1 saturated heterocycles. The topological polar surface area (TPSA) is 97.2 Å². The normalized spacial score (nSPS) is 15.3. The minimum absolute atomic E-state index is 0.209. The molecule has 0 aliphatic carbocycles. The van der Waals surface area contributed by atoms with Crippen LogP contribution in [0.4, 0.5) is 5.69 Å². The van der Waals surface area contributed by atoms with E-state index < -0.39 is 5.97 Å². The molecular formula is C25H17Cl2IN2O5S. The number of carbonyl (C=O) groups excluding carboxylic acids is 1.